The molecule has 0 aliphatic heterocycles. The molecule has 0 saturated carbocycles. The molecule has 0 spiro atoms. The molecule has 4 nitrogen and oxygen atoms in total. The van der Waals surface area contributed by atoms with Crippen LogP contribution in [0.1, 0.15) is 42.3 Å². The van der Waals surface area contributed by atoms with Crippen molar-refractivity contribution in [2.24, 2.45) is 0 Å². The third-order valence-electron chi connectivity index (χ3n) is 3.89. The van der Waals surface area contributed by atoms with E-state index in [0.29, 0.717) is 23.6 Å². The van der Waals surface area contributed by atoms with Crippen molar-refractivity contribution in [1.29, 1.82) is 0 Å². The van der Waals surface area contributed by atoms with Crippen LogP contribution in [0.3, 0.4) is 0 Å². The fourth-order valence-electron chi connectivity index (χ4n) is 2.35. The fourth-order valence-corrected chi connectivity index (χ4v) is 2.35. The molecule has 1 amide bonds. The summed E-state index contributed by atoms with van der Waals surface area (Å²) in [5, 5.41) is 2.93. The molecular weight excluding hydrogens is 302 g/mol. The van der Waals surface area contributed by atoms with Crippen LogP contribution in [0.15, 0.2) is 42.5 Å². The van der Waals surface area contributed by atoms with Gasteiger partial charge in [-0.25, -0.2) is 0 Å². The Balaban J connectivity index is 2.05. The lowest BCUT2D eigenvalue weighted by Crippen LogP contribution is -2.23. The number of methoxy groups -OCH3 is 2. The predicted octanol–water partition coefficient (Wildman–Crippen LogP) is 3.93. The Morgan fingerprint density at radius 1 is 0.958 bits per heavy atom. The Morgan fingerprint density at radius 3 is 1.96 bits per heavy atom. The van der Waals surface area contributed by atoms with Gasteiger partial charge in [0, 0.05) is 18.2 Å². The average Bonchev–Trinajstić information content (AvgIpc) is 2.58. The molecule has 0 radical (unpaired) electrons. The maximum absolute atomic E-state index is 12.4. The molecule has 0 heterocycles. The van der Waals surface area contributed by atoms with Crippen molar-refractivity contribution in [3.05, 3.63) is 59.2 Å². The van der Waals surface area contributed by atoms with Gasteiger partial charge in [0.15, 0.2) is 0 Å². The van der Waals surface area contributed by atoms with Gasteiger partial charge in [0.05, 0.1) is 14.2 Å². The van der Waals surface area contributed by atoms with Crippen molar-refractivity contribution in [2.75, 3.05) is 14.2 Å². The summed E-state index contributed by atoms with van der Waals surface area (Å²) in [6.07, 6.45) is 0. The Labute approximate surface area is 143 Å². The molecule has 0 aliphatic rings. The number of rotatable bonds is 5. The lowest BCUT2D eigenvalue weighted by atomic mass is 9.87. The summed E-state index contributed by atoms with van der Waals surface area (Å²) >= 11 is 0. The van der Waals surface area contributed by atoms with Crippen LogP contribution in [0.4, 0.5) is 0 Å². The summed E-state index contributed by atoms with van der Waals surface area (Å²) in [5.41, 5.74) is 2.97. The average molecular weight is 327 g/mol. The van der Waals surface area contributed by atoms with Gasteiger partial charge in [-0.2, -0.15) is 0 Å². The van der Waals surface area contributed by atoms with Crippen LogP contribution in [-0.2, 0) is 12.0 Å². The van der Waals surface area contributed by atoms with Crippen molar-refractivity contribution in [3.63, 3.8) is 0 Å². The summed E-state index contributed by atoms with van der Waals surface area (Å²) in [7, 11) is 3.13. The smallest absolute Gasteiger partial charge is 0.251 e. The van der Waals surface area contributed by atoms with Crippen molar-refractivity contribution in [1.82, 2.24) is 5.32 Å². The monoisotopic (exact) mass is 327 g/mol. The summed E-state index contributed by atoms with van der Waals surface area (Å²) in [4.78, 5) is 12.4. The topological polar surface area (TPSA) is 47.6 Å². The molecule has 0 bridgehead atoms. The summed E-state index contributed by atoms with van der Waals surface area (Å²) in [6.45, 7) is 7.02. The number of hydrogen-bond donors (Lipinski definition) is 1. The molecule has 0 atom stereocenters. The van der Waals surface area contributed by atoms with E-state index in [1.54, 1.807) is 32.4 Å². The largest absolute Gasteiger partial charge is 0.497 e. The van der Waals surface area contributed by atoms with E-state index in [9.17, 15) is 4.79 Å². The predicted molar refractivity (Wildman–Crippen MR) is 95.9 cm³/mol. The molecule has 1 N–H and O–H groups in total. The van der Waals surface area contributed by atoms with Gasteiger partial charge in [0.2, 0.25) is 0 Å². The summed E-state index contributed by atoms with van der Waals surface area (Å²) in [6, 6.07) is 13.4. The van der Waals surface area contributed by atoms with Gasteiger partial charge in [-0.15, -0.1) is 0 Å². The van der Waals surface area contributed by atoms with Gasteiger partial charge < -0.3 is 14.8 Å². The molecule has 0 aromatic heterocycles. The lowest BCUT2D eigenvalue weighted by molar-refractivity contribution is 0.0950. The quantitative estimate of drug-likeness (QED) is 0.905. The first-order valence-corrected chi connectivity index (χ1v) is 7.94. The van der Waals surface area contributed by atoms with Crippen LogP contribution in [-0.4, -0.2) is 20.1 Å². The van der Waals surface area contributed by atoms with Gasteiger partial charge in [-0.3, -0.25) is 4.79 Å². The fraction of sp³-hybridized carbons (Fsp3) is 0.350. The Morgan fingerprint density at radius 2 is 1.50 bits per heavy atom. The molecule has 2 rings (SSSR count). The van der Waals surface area contributed by atoms with E-state index < -0.39 is 0 Å². The van der Waals surface area contributed by atoms with Crippen LogP contribution >= 0.6 is 0 Å². The van der Waals surface area contributed by atoms with Crippen molar-refractivity contribution >= 4 is 5.91 Å². The van der Waals surface area contributed by atoms with Gasteiger partial charge in [-0.05, 0) is 28.7 Å². The zero-order valence-corrected chi connectivity index (χ0v) is 15.0. The minimum atomic E-state index is -0.160. The van der Waals surface area contributed by atoms with Gasteiger partial charge in [-0.1, -0.05) is 45.0 Å². The first-order chi connectivity index (χ1) is 11.3. The first kappa shape index (κ1) is 17.9. The second-order valence-corrected chi connectivity index (χ2v) is 6.73. The van der Waals surface area contributed by atoms with Crippen LogP contribution < -0.4 is 14.8 Å². The molecule has 24 heavy (non-hydrogen) atoms. The van der Waals surface area contributed by atoms with Crippen LogP contribution in [0.25, 0.3) is 0 Å². The Hall–Kier alpha value is -2.49. The van der Waals surface area contributed by atoms with Crippen molar-refractivity contribution in [2.45, 2.75) is 32.7 Å². The number of nitrogens with one attached hydrogen (secondary N) is 1. The van der Waals surface area contributed by atoms with Crippen LogP contribution in [0, 0.1) is 0 Å². The van der Waals surface area contributed by atoms with Gasteiger partial charge in [0.1, 0.15) is 11.5 Å². The zero-order chi connectivity index (χ0) is 17.7. The van der Waals surface area contributed by atoms with E-state index in [2.05, 4.69) is 38.2 Å². The van der Waals surface area contributed by atoms with Crippen LogP contribution in [0.2, 0.25) is 0 Å². The molecule has 2 aromatic carbocycles. The molecule has 4 heteroatoms. The second-order valence-electron chi connectivity index (χ2n) is 6.73. The highest BCUT2D eigenvalue weighted by atomic mass is 16.5. The zero-order valence-electron chi connectivity index (χ0n) is 15.0. The molecule has 0 aliphatic carbocycles. The summed E-state index contributed by atoms with van der Waals surface area (Å²) < 4.78 is 10.4. The molecule has 0 fully saturated rings. The highest BCUT2D eigenvalue weighted by molar-refractivity contribution is 5.95. The van der Waals surface area contributed by atoms with E-state index in [4.69, 9.17) is 9.47 Å². The third-order valence-corrected chi connectivity index (χ3v) is 3.89. The minimum Gasteiger partial charge on any atom is -0.497 e. The number of carbonyl (C=O) groups is 1. The summed E-state index contributed by atoms with van der Waals surface area (Å²) in [5.74, 6) is 1.02. The Kier molecular flexibility index (Phi) is 5.50. The van der Waals surface area contributed by atoms with Crippen LogP contribution in [0.5, 0.6) is 11.5 Å². The van der Waals surface area contributed by atoms with Gasteiger partial charge >= 0.3 is 0 Å². The second kappa shape index (κ2) is 7.39. The Bertz CT molecular complexity index is 678. The minimum absolute atomic E-state index is 0.124. The van der Waals surface area contributed by atoms with Gasteiger partial charge in [0.25, 0.3) is 5.91 Å². The molecule has 128 valence electrons. The van der Waals surface area contributed by atoms with E-state index in [0.717, 1.165) is 5.56 Å². The maximum atomic E-state index is 12.4. The SMILES string of the molecule is COc1cc(OC)cc(C(=O)NCc2ccc(C(C)(C)C)cc2)c1. The number of benzene rings is 2. The van der Waals surface area contributed by atoms with E-state index in [1.165, 1.54) is 5.56 Å². The normalized spacial score (nSPS) is 11.0. The van der Waals surface area contributed by atoms with E-state index in [1.807, 2.05) is 12.1 Å². The molecule has 2 aromatic rings. The number of hydrogen-bond acceptors (Lipinski definition) is 3. The number of ether oxygens (including phenoxy) is 2. The van der Waals surface area contributed by atoms with Crippen molar-refractivity contribution < 1.29 is 14.3 Å². The number of amides is 1. The molecule has 0 saturated heterocycles. The standard InChI is InChI=1S/C20H25NO3/c1-20(2,3)16-8-6-14(7-9-16)13-21-19(22)15-10-17(23-4)12-18(11-15)24-5/h6-12H,13H2,1-5H3,(H,21,22). The number of carbonyl (C=O) groups excluding carboxylic acids is 1. The maximum Gasteiger partial charge on any atom is 0.251 e. The first-order valence-electron chi connectivity index (χ1n) is 7.94. The van der Waals surface area contributed by atoms with E-state index >= 15 is 0 Å². The molecular formula is C20H25NO3. The lowest BCUT2D eigenvalue weighted by Gasteiger charge is -2.19. The molecule has 0 unspecified atom stereocenters. The van der Waals surface area contributed by atoms with E-state index in [-0.39, 0.29) is 11.3 Å². The van der Waals surface area contributed by atoms with Crippen molar-refractivity contribution in [3.8, 4) is 11.5 Å². The third kappa shape index (κ3) is 4.51. The highest BCUT2D eigenvalue weighted by Gasteiger charge is 2.13. The highest BCUT2D eigenvalue weighted by Crippen LogP contribution is 2.23.